The lowest BCUT2D eigenvalue weighted by Gasteiger charge is -2.36. The summed E-state index contributed by atoms with van der Waals surface area (Å²) in [7, 11) is 2.99. The molecule has 4 rings (SSSR count). The van der Waals surface area contributed by atoms with E-state index in [9.17, 15) is 18.0 Å². The summed E-state index contributed by atoms with van der Waals surface area (Å²) < 4.78 is 69.6. The van der Waals surface area contributed by atoms with E-state index in [1.165, 1.54) is 19.2 Å². The van der Waals surface area contributed by atoms with Crippen LogP contribution in [0.15, 0.2) is 18.2 Å². The van der Waals surface area contributed by atoms with Crippen LogP contribution < -0.4 is 15.4 Å². The molecule has 220 valence electrons. The van der Waals surface area contributed by atoms with Crippen LogP contribution in [0.4, 0.5) is 19.0 Å². The van der Waals surface area contributed by atoms with Crippen molar-refractivity contribution in [3.63, 3.8) is 0 Å². The van der Waals surface area contributed by atoms with Gasteiger partial charge in [-0.1, -0.05) is 18.2 Å². The molecular formula is C27H35F3N4O6. The Morgan fingerprint density at radius 3 is 2.40 bits per heavy atom. The summed E-state index contributed by atoms with van der Waals surface area (Å²) in [6, 6.07) is 2.97. The number of carbonyl (C=O) groups is 1. The van der Waals surface area contributed by atoms with Gasteiger partial charge in [0, 0.05) is 45.3 Å². The van der Waals surface area contributed by atoms with Crippen LogP contribution in [0.3, 0.4) is 0 Å². The lowest BCUT2D eigenvalue weighted by molar-refractivity contribution is -0.126. The van der Waals surface area contributed by atoms with E-state index in [1.807, 2.05) is 0 Å². The minimum Gasteiger partial charge on any atom is -0.467 e. The molecular weight excluding hydrogens is 533 g/mol. The fraction of sp³-hybridized carbons (Fsp3) is 0.593. The highest BCUT2D eigenvalue weighted by molar-refractivity contribution is 5.83. The molecule has 0 bridgehead atoms. The Labute approximate surface area is 230 Å². The Balaban J connectivity index is 1.66. The fourth-order valence-electron chi connectivity index (χ4n) is 4.83. The van der Waals surface area contributed by atoms with Gasteiger partial charge in [-0.3, -0.25) is 4.79 Å². The predicted octanol–water partition coefficient (Wildman–Crippen LogP) is 4.20. The smallest absolute Gasteiger partial charge is 0.318 e. The molecule has 0 radical (unpaired) electrons. The number of hydrogen-bond acceptors (Lipinski definition) is 9. The summed E-state index contributed by atoms with van der Waals surface area (Å²) in [5, 5.41) is 6.04. The van der Waals surface area contributed by atoms with Crippen LogP contribution in [0.5, 0.6) is 6.01 Å². The van der Waals surface area contributed by atoms with Gasteiger partial charge in [0.05, 0.1) is 54.7 Å². The number of amides is 1. The number of ether oxygens (including phenoxy) is 5. The highest BCUT2D eigenvalue weighted by Gasteiger charge is 2.36. The second kappa shape index (κ2) is 13.1. The van der Waals surface area contributed by atoms with Crippen LogP contribution in [-0.4, -0.2) is 68.7 Å². The number of halogens is 3. The Morgan fingerprint density at radius 1 is 1.10 bits per heavy atom. The van der Waals surface area contributed by atoms with Gasteiger partial charge in [-0.05, 0) is 13.8 Å². The zero-order chi connectivity index (χ0) is 28.9. The number of hydrogen-bond donors (Lipinski definition) is 2. The molecule has 1 amide bonds. The Hall–Kier alpha value is -3.00. The number of benzene rings is 1. The van der Waals surface area contributed by atoms with E-state index in [-0.39, 0.29) is 35.5 Å². The number of carbonyl (C=O) groups excluding carboxylic acids is 1. The minimum atomic E-state index is -2.97. The Kier molecular flexibility index (Phi) is 9.82. The first kappa shape index (κ1) is 30.0. The van der Waals surface area contributed by atoms with Gasteiger partial charge in [-0.15, -0.1) is 0 Å². The largest absolute Gasteiger partial charge is 0.467 e. The molecule has 0 aliphatic carbocycles. The monoisotopic (exact) mass is 568 g/mol. The molecule has 0 spiro atoms. The van der Waals surface area contributed by atoms with Crippen molar-refractivity contribution in [3.05, 3.63) is 46.4 Å². The minimum absolute atomic E-state index is 0.0169. The van der Waals surface area contributed by atoms with Crippen LogP contribution in [0.25, 0.3) is 0 Å². The Bertz CT molecular complexity index is 1180. The molecule has 2 aliphatic rings. The first-order valence-electron chi connectivity index (χ1n) is 13.1. The fourth-order valence-corrected chi connectivity index (χ4v) is 4.83. The molecule has 0 saturated carbocycles. The number of alkyl halides is 2. The van der Waals surface area contributed by atoms with E-state index in [0.29, 0.717) is 44.8 Å². The second-order valence-electron chi connectivity index (χ2n) is 9.79. The van der Waals surface area contributed by atoms with Crippen molar-refractivity contribution in [2.75, 3.05) is 52.5 Å². The van der Waals surface area contributed by atoms with Gasteiger partial charge >= 0.3 is 6.01 Å². The molecule has 2 aromatic rings. The highest BCUT2D eigenvalue weighted by atomic mass is 19.3. The Morgan fingerprint density at radius 2 is 1.77 bits per heavy atom. The third-order valence-corrected chi connectivity index (χ3v) is 7.33. The van der Waals surface area contributed by atoms with Crippen molar-refractivity contribution in [1.82, 2.24) is 15.3 Å². The first-order chi connectivity index (χ1) is 19.2. The quantitative estimate of drug-likeness (QED) is 0.412. The lowest BCUT2D eigenvalue weighted by atomic mass is 9.93. The first-order valence-corrected chi connectivity index (χ1v) is 13.1. The van der Waals surface area contributed by atoms with E-state index in [4.69, 9.17) is 23.7 Å². The second-order valence-corrected chi connectivity index (χ2v) is 9.79. The highest BCUT2D eigenvalue weighted by Crippen LogP contribution is 2.38. The van der Waals surface area contributed by atoms with Crippen LogP contribution in [0, 0.1) is 5.82 Å². The van der Waals surface area contributed by atoms with E-state index >= 15 is 0 Å². The summed E-state index contributed by atoms with van der Waals surface area (Å²) in [6.45, 7) is 5.25. The van der Waals surface area contributed by atoms with Crippen LogP contribution in [0.1, 0.15) is 73.7 Å². The molecule has 3 heterocycles. The van der Waals surface area contributed by atoms with Gasteiger partial charge < -0.3 is 34.3 Å². The normalized spacial score (nSPS) is 18.9. The van der Waals surface area contributed by atoms with E-state index in [2.05, 4.69) is 20.6 Å². The maximum atomic E-state index is 14.9. The maximum Gasteiger partial charge on any atom is 0.318 e. The zero-order valence-corrected chi connectivity index (χ0v) is 23.0. The van der Waals surface area contributed by atoms with Gasteiger partial charge in [0.25, 0.3) is 6.43 Å². The summed E-state index contributed by atoms with van der Waals surface area (Å²) >= 11 is 0. The number of aromatic nitrogens is 2. The summed E-state index contributed by atoms with van der Waals surface area (Å²) in [5.74, 6) is -1.97. The summed E-state index contributed by atoms with van der Waals surface area (Å²) in [6.07, 6.45) is -2.59. The average molecular weight is 569 g/mol. The molecule has 1 aromatic carbocycles. The van der Waals surface area contributed by atoms with E-state index < -0.39 is 41.7 Å². The summed E-state index contributed by atoms with van der Waals surface area (Å²) in [4.78, 5) is 22.2. The lowest BCUT2D eigenvalue weighted by Crippen LogP contribution is -2.48. The molecule has 40 heavy (non-hydrogen) atoms. The van der Waals surface area contributed by atoms with Crippen molar-refractivity contribution < 1.29 is 41.7 Å². The van der Waals surface area contributed by atoms with Crippen molar-refractivity contribution >= 4 is 11.7 Å². The molecule has 2 N–H and O–H groups in total. The molecule has 2 aliphatic heterocycles. The van der Waals surface area contributed by atoms with Gasteiger partial charge in [-0.2, -0.15) is 9.97 Å². The van der Waals surface area contributed by atoms with Crippen molar-refractivity contribution in [1.29, 1.82) is 0 Å². The van der Waals surface area contributed by atoms with Crippen molar-refractivity contribution in [3.8, 4) is 6.01 Å². The zero-order valence-electron chi connectivity index (χ0n) is 23.0. The van der Waals surface area contributed by atoms with Crippen LogP contribution >= 0.6 is 0 Å². The molecule has 13 heteroatoms. The topological polar surface area (TPSA) is 113 Å². The number of methoxy groups -OCH3 is 2. The maximum absolute atomic E-state index is 14.9. The van der Waals surface area contributed by atoms with E-state index in [1.54, 1.807) is 21.0 Å². The number of rotatable bonds is 11. The SMILES string of the molecule is COc1nc(N[C@H](C)c2cccc(C(F)F)c2F)c(C2OCCO2)c(C(C)C(=O)NCC2(OC)CCOCC2)n1. The molecule has 10 nitrogen and oxygen atoms in total. The number of nitrogens with zero attached hydrogens (tertiary/aromatic N) is 2. The van der Waals surface area contributed by atoms with Gasteiger partial charge in [0.1, 0.15) is 11.6 Å². The number of nitrogens with one attached hydrogen (secondary N) is 2. The molecule has 2 fully saturated rings. The predicted molar refractivity (Wildman–Crippen MR) is 138 cm³/mol. The molecule has 1 unspecified atom stereocenters. The third kappa shape index (κ3) is 6.48. The van der Waals surface area contributed by atoms with Gasteiger partial charge in [0.2, 0.25) is 5.91 Å². The van der Waals surface area contributed by atoms with Crippen molar-refractivity contribution in [2.45, 2.75) is 57.0 Å². The molecule has 1 aromatic heterocycles. The van der Waals surface area contributed by atoms with Gasteiger partial charge in [0.15, 0.2) is 6.29 Å². The third-order valence-electron chi connectivity index (χ3n) is 7.33. The molecule has 2 saturated heterocycles. The van der Waals surface area contributed by atoms with Crippen molar-refractivity contribution in [2.24, 2.45) is 0 Å². The van der Waals surface area contributed by atoms with Crippen LogP contribution in [-0.2, 0) is 23.7 Å². The standard InChI is InChI=1S/C27H35F3N4O6/c1-15(24(35)31-14-27(37-4)8-10-38-11-9-27)21-19(25-39-12-13-40-25)23(34-26(33-21)36-3)32-16(2)17-6-5-7-18(20(17)28)22(29)30/h5-7,15-16,22,25H,8-14H2,1-4H3,(H,31,35)(H,32,33,34)/t15?,16-/m1/s1. The average Bonchev–Trinajstić information content (AvgIpc) is 3.50. The van der Waals surface area contributed by atoms with E-state index in [0.717, 1.165) is 6.07 Å². The number of anilines is 1. The van der Waals surface area contributed by atoms with Gasteiger partial charge in [-0.25, -0.2) is 13.2 Å². The molecule has 2 atom stereocenters. The van der Waals surface area contributed by atoms with Crippen LogP contribution in [0.2, 0.25) is 0 Å². The summed E-state index contributed by atoms with van der Waals surface area (Å²) in [5.41, 5.74) is -0.588.